The Bertz CT molecular complexity index is 808. The van der Waals surface area contributed by atoms with Crippen molar-refractivity contribution in [3.63, 3.8) is 0 Å². The van der Waals surface area contributed by atoms with E-state index in [1.807, 2.05) is 30.3 Å². The fourth-order valence-corrected chi connectivity index (χ4v) is 3.71. The van der Waals surface area contributed by atoms with Gasteiger partial charge in [0.1, 0.15) is 5.52 Å². The lowest BCUT2D eigenvalue weighted by Gasteiger charge is -2.07. The zero-order valence-corrected chi connectivity index (χ0v) is 13.8. The summed E-state index contributed by atoms with van der Waals surface area (Å²) >= 11 is 19.9. The van der Waals surface area contributed by atoms with Crippen LogP contribution in [0.3, 0.4) is 0 Å². The van der Waals surface area contributed by atoms with Gasteiger partial charge in [-0.2, -0.15) is 5.10 Å². The van der Waals surface area contributed by atoms with Crippen molar-refractivity contribution in [3.8, 4) is 0 Å². The van der Waals surface area contributed by atoms with Crippen LogP contribution in [-0.4, -0.2) is 10.2 Å². The van der Waals surface area contributed by atoms with Crippen LogP contribution in [0, 0.1) is 0 Å². The van der Waals surface area contributed by atoms with Gasteiger partial charge in [0, 0.05) is 26.1 Å². The Hall–Kier alpha value is -1.00. The number of halogens is 3. The molecule has 6 heteroatoms. The first-order valence-corrected chi connectivity index (χ1v) is 8.24. The molecule has 1 aromatic heterocycles. The number of nitrogens with zero attached hydrogens (tertiary/aromatic N) is 2. The summed E-state index contributed by atoms with van der Waals surface area (Å²) in [6.45, 7) is 0. The van der Waals surface area contributed by atoms with Crippen molar-refractivity contribution in [1.82, 2.24) is 10.2 Å². The van der Waals surface area contributed by atoms with Crippen LogP contribution in [0.5, 0.6) is 0 Å². The van der Waals surface area contributed by atoms with Gasteiger partial charge >= 0.3 is 0 Å². The molecule has 3 rings (SSSR count). The van der Waals surface area contributed by atoms with Gasteiger partial charge in [0.2, 0.25) is 0 Å². The molecule has 3 aromatic rings. The summed E-state index contributed by atoms with van der Waals surface area (Å²) in [5.74, 6) is 0.726. The third kappa shape index (κ3) is 3.27. The highest BCUT2D eigenvalue weighted by atomic mass is 35.5. The summed E-state index contributed by atoms with van der Waals surface area (Å²) < 4.78 is 0. The first-order valence-electron chi connectivity index (χ1n) is 6.12. The van der Waals surface area contributed by atoms with Gasteiger partial charge in [-0.15, -0.1) is 16.9 Å². The Morgan fingerprint density at radius 3 is 2.67 bits per heavy atom. The highest BCUT2D eigenvalue weighted by Gasteiger charge is 2.08. The average molecular weight is 356 g/mol. The predicted octanol–water partition coefficient (Wildman–Crippen LogP) is 5.88. The highest BCUT2D eigenvalue weighted by molar-refractivity contribution is 7.98. The molecule has 2 nitrogen and oxygen atoms in total. The van der Waals surface area contributed by atoms with Crippen LogP contribution in [0.15, 0.2) is 47.5 Å². The number of thioether (sulfide) groups is 1. The van der Waals surface area contributed by atoms with Crippen LogP contribution >= 0.6 is 46.6 Å². The lowest BCUT2D eigenvalue weighted by molar-refractivity contribution is 1.05. The molecule has 0 aliphatic carbocycles. The van der Waals surface area contributed by atoms with Gasteiger partial charge in [0.25, 0.3) is 0 Å². The van der Waals surface area contributed by atoms with Crippen molar-refractivity contribution < 1.29 is 0 Å². The van der Waals surface area contributed by atoms with Crippen molar-refractivity contribution >= 4 is 57.5 Å². The number of aromatic nitrogens is 2. The van der Waals surface area contributed by atoms with E-state index in [-0.39, 0.29) is 0 Å². The van der Waals surface area contributed by atoms with Crippen LogP contribution in [0.4, 0.5) is 0 Å². The molecular weight excluding hydrogens is 347 g/mol. The smallest absolute Gasteiger partial charge is 0.113 e. The van der Waals surface area contributed by atoms with Gasteiger partial charge in [0.15, 0.2) is 0 Å². The summed E-state index contributed by atoms with van der Waals surface area (Å²) in [5, 5.41) is 11.0. The SMILES string of the molecule is Clc1ccc(CSc2cnnc3c(Cl)cccc23)c(Cl)c1. The third-order valence-electron chi connectivity index (χ3n) is 2.98. The summed E-state index contributed by atoms with van der Waals surface area (Å²) in [7, 11) is 0. The van der Waals surface area contributed by atoms with Crippen LogP contribution in [-0.2, 0) is 5.75 Å². The van der Waals surface area contributed by atoms with E-state index in [1.54, 1.807) is 24.0 Å². The average Bonchev–Trinajstić information content (AvgIpc) is 2.47. The van der Waals surface area contributed by atoms with Gasteiger partial charge in [0.05, 0.1) is 11.2 Å². The molecule has 0 unspecified atom stereocenters. The molecule has 106 valence electrons. The minimum Gasteiger partial charge on any atom is -0.157 e. The molecule has 0 N–H and O–H groups in total. The van der Waals surface area contributed by atoms with Gasteiger partial charge in [-0.3, -0.25) is 0 Å². The molecule has 0 bridgehead atoms. The molecule has 1 heterocycles. The summed E-state index contributed by atoms with van der Waals surface area (Å²) in [4.78, 5) is 1.02. The molecule has 0 saturated carbocycles. The Labute approximate surface area is 141 Å². The van der Waals surface area contributed by atoms with Crippen LogP contribution in [0.2, 0.25) is 15.1 Å². The minimum absolute atomic E-state index is 0.604. The zero-order chi connectivity index (χ0) is 14.8. The second kappa shape index (κ2) is 6.41. The van der Waals surface area contributed by atoms with Gasteiger partial charge < -0.3 is 0 Å². The van der Waals surface area contributed by atoms with E-state index in [4.69, 9.17) is 34.8 Å². The topological polar surface area (TPSA) is 25.8 Å². The first-order chi connectivity index (χ1) is 10.1. The maximum atomic E-state index is 6.19. The van der Waals surface area contributed by atoms with Crippen molar-refractivity contribution in [2.24, 2.45) is 0 Å². The maximum Gasteiger partial charge on any atom is 0.113 e. The van der Waals surface area contributed by atoms with Crippen LogP contribution in [0.1, 0.15) is 5.56 Å². The van der Waals surface area contributed by atoms with Crippen molar-refractivity contribution in [2.45, 2.75) is 10.6 Å². The van der Waals surface area contributed by atoms with E-state index in [9.17, 15) is 0 Å². The number of hydrogen-bond donors (Lipinski definition) is 0. The standard InChI is InChI=1S/C15H9Cl3N2S/c16-10-5-4-9(13(18)6-10)8-21-14-7-19-20-15-11(14)2-1-3-12(15)17/h1-7H,8H2. The van der Waals surface area contributed by atoms with Crippen molar-refractivity contribution in [2.75, 3.05) is 0 Å². The quantitative estimate of drug-likeness (QED) is 0.548. The number of benzene rings is 2. The molecule has 0 atom stereocenters. The predicted molar refractivity (Wildman–Crippen MR) is 90.6 cm³/mol. The lowest BCUT2D eigenvalue weighted by Crippen LogP contribution is -1.89. The maximum absolute atomic E-state index is 6.19. The molecule has 0 spiro atoms. The monoisotopic (exact) mass is 354 g/mol. The van der Waals surface area contributed by atoms with Crippen molar-refractivity contribution in [3.05, 3.63) is 63.2 Å². The summed E-state index contributed by atoms with van der Waals surface area (Å²) in [6, 6.07) is 11.2. The molecule has 0 aliphatic heterocycles. The second-order valence-corrected chi connectivity index (χ2v) is 6.64. The fraction of sp³-hybridized carbons (Fsp3) is 0.0667. The molecule has 0 aliphatic rings. The molecule has 0 fully saturated rings. The zero-order valence-electron chi connectivity index (χ0n) is 10.7. The van der Waals surface area contributed by atoms with Gasteiger partial charge in [-0.1, -0.05) is 53.0 Å². The summed E-state index contributed by atoms with van der Waals surface area (Å²) in [5.41, 5.74) is 1.74. The normalized spacial score (nSPS) is 11.0. The molecule has 0 radical (unpaired) electrons. The Kier molecular flexibility index (Phi) is 4.55. The minimum atomic E-state index is 0.604. The van der Waals surface area contributed by atoms with E-state index >= 15 is 0 Å². The van der Waals surface area contributed by atoms with Gasteiger partial charge in [-0.25, -0.2) is 0 Å². The highest BCUT2D eigenvalue weighted by Crippen LogP contribution is 2.33. The lowest BCUT2D eigenvalue weighted by atomic mass is 10.2. The van der Waals surface area contributed by atoms with Crippen molar-refractivity contribution in [1.29, 1.82) is 0 Å². The Balaban J connectivity index is 1.90. The molecule has 0 amide bonds. The Morgan fingerprint density at radius 1 is 1.00 bits per heavy atom. The van der Waals surface area contributed by atoms with Crippen LogP contribution < -0.4 is 0 Å². The number of rotatable bonds is 3. The van der Waals surface area contributed by atoms with E-state index in [1.165, 1.54) is 0 Å². The first kappa shape index (κ1) is 14.9. The van der Waals surface area contributed by atoms with Crippen LogP contribution in [0.25, 0.3) is 10.9 Å². The fourth-order valence-electron chi connectivity index (χ4n) is 1.93. The molecule has 21 heavy (non-hydrogen) atoms. The molecular formula is C15H9Cl3N2S. The largest absolute Gasteiger partial charge is 0.157 e. The Morgan fingerprint density at radius 2 is 1.86 bits per heavy atom. The summed E-state index contributed by atoms with van der Waals surface area (Å²) in [6.07, 6.45) is 1.74. The number of hydrogen-bond acceptors (Lipinski definition) is 3. The second-order valence-electron chi connectivity index (χ2n) is 4.37. The van der Waals surface area contributed by atoms with E-state index < -0.39 is 0 Å². The third-order valence-corrected chi connectivity index (χ3v) is 4.97. The van der Waals surface area contributed by atoms with E-state index in [0.29, 0.717) is 20.6 Å². The number of fused-ring (bicyclic) bond motifs is 1. The molecule has 0 saturated heterocycles. The van der Waals surface area contributed by atoms with E-state index in [0.717, 1.165) is 21.6 Å². The van der Waals surface area contributed by atoms with Gasteiger partial charge in [-0.05, 0) is 23.8 Å². The molecule has 2 aromatic carbocycles. The van der Waals surface area contributed by atoms with E-state index in [2.05, 4.69) is 10.2 Å².